The highest BCUT2D eigenvalue weighted by atomic mass is 32.2. The van der Waals surface area contributed by atoms with Gasteiger partial charge < -0.3 is 9.64 Å². The molecule has 0 aromatic heterocycles. The van der Waals surface area contributed by atoms with Crippen molar-refractivity contribution in [3.05, 3.63) is 0 Å². The molecule has 0 radical (unpaired) electrons. The molecule has 0 unspecified atom stereocenters. The van der Waals surface area contributed by atoms with Crippen LogP contribution in [0, 0.1) is 5.92 Å². The average molecular weight is 331 g/mol. The van der Waals surface area contributed by atoms with Crippen molar-refractivity contribution in [2.75, 3.05) is 19.9 Å². The minimum absolute atomic E-state index is 0.0703. The Morgan fingerprint density at radius 3 is 2.50 bits per heavy atom. The summed E-state index contributed by atoms with van der Waals surface area (Å²) in [6.07, 6.45) is 8.18. The summed E-state index contributed by atoms with van der Waals surface area (Å²) in [5, 5.41) is -0.420. The lowest BCUT2D eigenvalue weighted by Gasteiger charge is -2.31. The number of hydrogen-bond donors (Lipinski definition) is 0. The molecule has 4 atom stereocenters. The second-order valence-corrected chi connectivity index (χ2v) is 9.34. The van der Waals surface area contributed by atoms with E-state index in [2.05, 4.69) is 6.92 Å². The molecular weight excluding hydrogens is 302 g/mol. The number of hydrogen-bond acceptors (Lipinski definition) is 4. The molecule has 0 bridgehead atoms. The van der Waals surface area contributed by atoms with Crippen LogP contribution < -0.4 is 0 Å². The predicted molar refractivity (Wildman–Crippen MR) is 86.4 cm³/mol. The summed E-state index contributed by atoms with van der Waals surface area (Å²) >= 11 is 0. The number of nitrogens with zero attached hydrogens (tertiary/aromatic N) is 1. The maximum absolute atomic E-state index is 12.3. The molecule has 0 heterocycles. The van der Waals surface area contributed by atoms with Crippen LogP contribution in [-0.4, -0.2) is 56.5 Å². The quantitative estimate of drug-likeness (QED) is 0.773. The first kappa shape index (κ1) is 17.7. The van der Waals surface area contributed by atoms with Gasteiger partial charge >= 0.3 is 0 Å². The SMILES string of the molecule is C[C@@H]1CCC[C@H](OCC(=O)N(C)[C@@H]2CCC[C@H]2S(C)(=O)=O)C1. The van der Waals surface area contributed by atoms with Gasteiger partial charge in [0, 0.05) is 19.3 Å². The summed E-state index contributed by atoms with van der Waals surface area (Å²) in [5.74, 6) is 0.565. The van der Waals surface area contributed by atoms with Gasteiger partial charge in [0.1, 0.15) is 6.61 Å². The highest BCUT2D eigenvalue weighted by Crippen LogP contribution is 2.29. The van der Waals surface area contributed by atoms with Crippen molar-refractivity contribution in [1.82, 2.24) is 4.90 Å². The number of rotatable bonds is 5. The Balaban J connectivity index is 1.86. The summed E-state index contributed by atoms with van der Waals surface area (Å²) < 4.78 is 29.5. The molecule has 0 saturated heterocycles. The van der Waals surface area contributed by atoms with Crippen molar-refractivity contribution in [3.63, 3.8) is 0 Å². The predicted octanol–water partition coefficient (Wildman–Crippen LogP) is 2.01. The normalized spacial score (nSPS) is 32.9. The zero-order chi connectivity index (χ0) is 16.3. The fourth-order valence-corrected chi connectivity index (χ4v) is 5.34. The Labute approximate surface area is 134 Å². The number of carbonyl (C=O) groups is 1. The van der Waals surface area contributed by atoms with Gasteiger partial charge in [0.05, 0.1) is 11.4 Å². The van der Waals surface area contributed by atoms with Gasteiger partial charge in [-0.3, -0.25) is 4.79 Å². The van der Waals surface area contributed by atoms with Crippen LogP contribution >= 0.6 is 0 Å². The van der Waals surface area contributed by atoms with E-state index in [0.29, 0.717) is 12.3 Å². The molecule has 2 saturated carbocycles. The number of amides is 1. The fraction of sp³-hybridized carbons (Fsp3) is 0.938. The smallest absolute Gasteiger partial charge is 0.248 e. The van der Waals surface area contributed by atoms with Crippen molar-refractivity contribution < 1.29 is 17.9 Å². The molecule has 128 valence electrons. The van der Waals surface area contributed by atoms with Gasteiger partial charge in [0.15, 0.2) is 9.84 Å². The molecule has 0 N–H and O–H groups in total. The number of sulfone groups is 1. The van der Waals surface area contributed by atoms with Gasteiger partial charge in [-0.2, -0.15) is 0 Å². The van der Waals surface area contributed by atoms with Crippen LogP contribution in [-0.2, 0) is 19.4 Å². The van der Waals surface area contributed by atoms with E-state index in [1.807, 2.05) is 0 Å². The maximum atomic E-state index is 12.3. The zero-order valence-corrected chi connectivity index (χ0v) is 14.8. The van der Waals surface area contributed by atoms with E-state index >= 15 is 0 Å². The van der Waals surface area contributed by atoms with Crippen molar-refractivity contribution in [1.29, 1.82) is 0 Å². The Morgan fingerprint density at radius 1 is 1.18 bits per heavy atom. The van der Waals surface area contributed by atoms with E-state index in [4.69, 9.17) is 4.74 Å². The Bertz CT molecular complexity index is 490. The Hall–Kier alpha value is -0.620. The molecule has 2 aliphatic carbocycles. The van der Waals surface area contributed by atoms with Gasteiger partial charge in [0.2, 0.25) is 5.91 Å². The van der Waals surface area contributed by atoms with Crippen LogP contribution in [0.25, 0.3) is 0 Å². The van der Waals surface area contributed by atoms with Crippen LogP contribution in [0.5, 0.6) is 0 Å². The molecule has 0 spiro atoms. The molecule has 2 fully saturated rings. The summed E-state index contributed by atoms with van der Waals surface area (Å²) in [7, 11) is -1.40. The molecule has 2 rings (SSSR count). The summed E-state index contributed by atoms with van der Waals surface area (Å²) in [6, 6.07) is -0.198. The number of likely N-dealkylation sites (N-methyl/N-ethyl adjacent to an activating group) is 1. The molecular formula is C16H29NO4S. The highest BCUT2D eigenvalue weighted by molar-refractivity contribution is 7.91. The second-order valence-electron chi connectivity index (χ2n) is 7.08. The first-order valence-electron chi connectivity index (χ1n) is 8.35. The third kappa shape index (κ3) is 4.44. The molecule has 0 aromatic rings. The molecule has 22 heavy (non-hydrogen) atoms. The van der Waals surface area contributed by atoms with E-state index in [1.165, 1.54) is 12.7 Å². The van der Waals surface area contributed by atoms with Gasteiger partial charge in [-0.15, -0.1) is 0 Å². The third-order valence-corrected chi connectivity index (χ3v) is 6.84. The van der Waals surface area contributed by atoms with Crippen LogP contribution in [0.15, 0.2) is 0 Å². The lowest BCUT2D eigenvalue weighted by molar-refractivity contribution is -0.139. The van der Waals surface area contributed by atoms with E-state index in [1.54, 1.807) is 11.9 Å². The van der Waals surface area contributed by atoms with Crippen molar-refractivity contribution in [2.24, 2.45) is 5.92 Å². The molecule has 6 heteroatoms. The van der Waals surface area contributed by atoms with Crippen LogP contribution in [0.4, 0.5) is 0 Å². The zero-order valence-electron chi connectivity index (χ0n) is 14.0. The largest absolute Gasteiger partial charge is 0.368 e. The third-order valence-electron chi connectivity index (χ3n) is 5.19. The second kappa shape index (κ2) is 7.30. The monoisotopic (exact) mass is 331 g/mol. The Morgan fingerprint density at radius 2 is 1.86 bits per heavy atom. The standard InChI is InChI=1S/C16H29NO4S/c1-12-6-4-7-13(10-12)21-11-16(18)17(2)14-8-5-9-15(14)22(3,19)20/h12-15H,4-11H2,1-3H3/t12-,13+,14-,15-/m1/s1. The Kier molecular flexibility index (Phi) is 5.88. The van der Waals surface area contributed by atoms with Crippen molar-refractivity contribution in [2.45, 2.75) is 69.3 Å². The van der Waals surface area contributed by atoms with E-state index in [0.717, 1.165) is 32.1 Å². The van der Waals surface area contributed by atoms with Crippen molar-refractivity contribution >= 4 is 15.7 Å². The summed E-state index contributed by atoms with van der Waals surface area (Å²) in [5.41, 5.74) is 0. The summed E-state index contributed by atoms with van der Waals surface area (Å²) in [6.45, 7) is 2.29. The van der Waals surface area contributed by atoms with Crippen LogP contribution in [0.3, 0.4) is 0 Å². The maximum Gasteiger partial charge on any atom is 0.248 e. The molecule has 0 aromatic carbocycles. The van der Waals surface area contributed by atoms with Crippen LogP contribution in [0.2, 0.25) is 0 Å². The first-order chi connectivity index (χ1) is 10.3. The number of carbonyl (C=O) groups excluding carboxylic acids is 1. The van der Waals surface area contributed by atoms with E-state index in [-0.39, 0.29) is 24.7 Å². The van der Waals surface area contributed by atoms with E-state index < -0.39 is 15.1 Å². The van der Waals surface area contributed by atoms with Gasteiger partial charge in [-0.1, -0.05) is 19.8 Å². The van der Waals surface area contributed by atoms with Gasteiger partial charge in [-0.25, -0.2) is 8.42 Å². The van der Waals surface area contributed by atoms with Crippen LogP contribution in [0.1, 0.15) is 51.9 Å². The first-order valence-corrected chi connectivity index (χ1v) is 10.3. The van der Waals surface area contributed by atoms with Gasteiger partial charge in [-0.05, 0) is 38.0 Å². The molecule has 2 aliphatic rings. The molecule has 5 nitrogen and oxygen atoms in total. The van der Waals surface area contributed by atoms with E-state index in [9.17, 15) is 13.2 Å². The lowest BCUT2D eigenvalue weighted by Crippen LogP contribution is -2.46. The van der Waals surface area contributed by atoms with Gasteiger partial charge in [0.25, 0.3) is 0 Å². The fourth-order valence-electron chi connectivity index (χ4n) is 3.85. The minimum Gasteiger partial charge on any atom is -0.368 e. The highest BCUT2D eigenvalue weighted by Gasteiger charge is 2.38. The summed E-state index contributed by atoms with van der Waals surface area (Å²) in [4.78, 5) is 13.9. The number of ether oxygens (including phenoxy) is 1. The topological polar surface area (TPSA) is 63.7 Å². The minimum atomic E-state index is -3.11. The molecule has 0 aliphatic heterocycles. The van der Waals surface area contributed by atoms with Crippen molar-refractivity contribution in [3.8, 4) is 0 Å². The average Bonchev–Trinajstić information content (AvgIpc) is 2.93. The molecule has 1 amide bonds. The lowest BCUT2D eigenvalue weighted by atomic mass is 9.89.